The van der Waals surface area contributed by atoms with Gasteiger partial charge in [0.2, 0.25) is 10.0 Å². The van der Waals surface area contributed by atoms with Crippen molar-refractivity contribution < 1.29 is 8.42 Å². The van der Waals surface area contributed by atoms with Gasteiger partial charge >= 0.3 is 0 Å². The van der Waals surface area contributed by atoms with Crippen LogP contribution in [-0.4, -0.2) is 13.4 Å². The molecule has 0 aliphatic carbocycles. The minimum Gasteiger partial charge on any atom is -0.255 e. The van der Waals surface area contributed by atoms with E-state index in [4.69, 9.17) is 11.6 Å². The standard InChI is InChI=1S/C13H12N2O2S2/c1-3-9(2)10-8-12(11-6-4-5-7-15-11)18-13(10)19(14,16)17/h1,4-9H,2H3,(H2,14,16,17)/t9-/m0/s1. The van der Waals surface area contributed by atoms with Gasteiger partial charge in [-0.15, -0.1) is 17.8 Å². The number of hydrogen-bond donors (Lipinski definition) is 1. The van der Waals surface area contributed by atoms with Crippen molar-refractivity contribution in [1.82, 2.24) is 4.98 Å². The molecule has 19 heavy (non-hydrogen) atoms. The number of pyridine rings is 1. The van der Waals surface area contributed by atoms with E-state index in [1.54, 1.807) is 25.3 Å². The molecule has 2 heterocycles. The zero-order valence-electron chi connectivity index (χ0n) is 10.2. The van der Waals surface area contributed by atoms with Crippen molar-refractivity contribution in [3.05, 3.63) is 36.0 Å². The molecule has 0 aliphatic rings. The molecule has 2 rings (SSSR count). The molecule has 0 fully saturated rings. The van der Waals surface area contributed by atoms with Crippen LogP contribution in [0.2, 0.25) is 0 Å². The van der Waals surface area contributed by atoms with Crippen molar-refractivity contribution in [1.29, 1.82) is 0 Å². The first-order valence-corrected chi connectivity index (χ1v) is 7.84. The Labute approximate surface area is 116 Å². The molecule has 0 unspecified atom stereocenters. The first kappa shape index (κ1) is 13.7. The Kier molecular flexibility index (Phi) is 3.71. The summed E-state index contributed by atoms with van der Waals surface area (Å²) < 4.78 is 23.3. The van der Waals surface area contributed by atoms with Crippen LogP contribution in [0.1, 0.15) is 18.4 Å². The van der Waals surface area contributed by atoms with E-state index in [0.29, 0.717) is 11.3 Å². The molecule has 98 valence electrons. The summed E-state index contributed by atoms with van der Waals surface area (Å²) in [6, 6.07) is 7.19. The highest BCUT2D eigenvalue weighted by Crippen LogP contribution is 2.36. The average Bonchev–Trinajstić information content (AvgIpc) is 2.84. The molecule has 0 amide bonds. The number of nitrogens with zero attached hydrogens (tertiary/aromatic N) is 1. The van der Waals surface area contributed by atoms with Gasteiger partial charge in [0.05, 0.1) is 10.6 Å². The van der Waals surface area contributed by atoms with Crippen molar-refractivity contribution in [3.8, 4) is 22.9 Å². The van der Waals surface area contributed by atoms with Gasteiger partial charge in [-0.2, -0.15) is 0 Å². The number of sulfonamides is 1. The van der Waals surface area contributed by atoms with Crippen LogP contribution < -0.4 is 5.14 Å². The number of nitrogens with two attached hydrogens (primary N) is 1. The summed E-state index contributed by atoms with van der Waals surface area (Å²) in [4.78, 5) is 4.93. The van der Waals surface area contributed by atoms with Crippen LogP contribution in [0, 0.1) is 12.3 Å². The Morgan fingerprint density at radius 3 is 2.74 bits per heavy atom. The van der Waals surface area contributed by atoms with Gasteiger partial charge in [0.25, 0.3) is 0 Å². The van der Waals surface area contributed by atoms with Crippen molar-refractivity contribution in [2.45, 2.75) is 17.1 Å². The largest absolute Gasteiger partial charge is 0.255 e. The summed E-state index contributed by atoms with van der Waals surface area (Å²) >= 11 is 1.09. The van der Waals surface area contributed by atoms with Crippen molar-refractivity contribution in [3.63, 3.8) is 0 Å². The van der Waals surface area contributed by atoms with Crippen LogP contribution in [0.3, 0.4) is 0 Å². The molecule has 0 radical (unpaired) electrons. The van der Waals surface area contributed by atoms with Crippen LogP contribution in [0.25, 0.3) is 10.6 Å². The molecule has 4 nitrogen and oxygen atoms in total. The Bertz CT molecular complexity index is 728. The molecular formula is C13H12N2O2S2. The third-order valence-corrected chi connectivity index (χ3v) is 5.28. The fraction of sp³-hybridized carbons (Fsp3) is 0.154. The molecule has 2 aromatic rings. The third-order valence-electron chi connectivity index (χ3n) is 2.62. The van der Waals surface area contributed by atoms with E-state index in [1.165, 1.54) is 0 Å². The fourth-order valence-electron chi connectivity index (χ4n) is 1.64. The first-order valence-electron chi connectivity index (χ1n) is 5.47. The number of thiophene rings is 1. The van der Waals surface area contributed by atoms with Gasteiger partial charge in [-0.25, -0.2) is 13.6 Å². The molecule has 6 heteroatoms. The van der Waals surface area contributed by atoms with E-state index in [0.717, 1.165) is 16.2 Å². The summed E-state index contributed by atoms with van der Waals surface area (Å²) in [6.07, 6.45) is 7.02. The number of rotatable bonds is 3. The third kappa shape index (κ3) is 2.84. The number of hydrogen-bond acceptors (Lipinski definition) is 4. The van der Waals surface area contributed by atoms with Crippen LogP contribution in [0.15, 0.2) is 34.7 Å². The normalized spacial score (nSPS) is 12.9. The van der Waals surface area contributed by atoms with E-state index in [-0.39, 0.29) is 10.1 Å². The molecule has 2 N–H and O–H groups in total. The van der Waals surface area contributed by atoms with Crippen LogP contribution >= 0.6 is 11.3 Å². The number of terminal acetylenes is 1. The van der Waals surface area contributed by atoms with Gasteiger partial charge in [0.15, 0.2) is 0 Å². The predicted molar refractivity (Wildman–Crippen MR) is 76.2 cm³/mol. The lowest BCUT2D eigenvalue weighted by molar-refractivity contribution is 0.598. The molecule has 0 saturated carbocycles. The highest BCUT2D eigenvalue weighted by Gasteiger charge is 2.22. The summed E-state index contributed by atoms with van der Waals surface area (Å²) in [5.41, 5.74) is 1.25. The van der Waals surface area contributed by atoms with Crippen molar-refractivity contribution in [2.75, 3.05) is 0 Å². The van der Waals surface area contributed by atoms with Gasteiger partial charge in [0.1, 0.15) is 4.21 Å². The molecular weight excluding hydrogens is 280 g/mol. The lowest BCUT2D eigenvalue weighted by Crippen LogP contribution is -2.12. The summed E-state index contributed by atoms with van der Waals surface area (Å²) in [7, 11) is -3.78. The van der Waals surface area contributed by atoms with Gasteiger partial charge in [-0.05, 0) is 30.7 Å². The Balaban J connectivity index is 2.63. The Morgan fingerprint density at radius 1 is 1.47 bits per heavy atom. The second-order valence-corrected chi connectivity index (χ2v) is 6.81. The molecule has 0 saturated heterocycles. The highest BCUT2D eigenvalue weighted by molar-refractivity contribution is 7.91. The van der Waals surface area contributed by atoms with E-state index in [1.807, 2.05) is 12.1 Å². The highest BCUT2D eigenvalue weighted by atomic mass is 32.2. The van der Waals surface area contributed by atoms with E-state index in [9.17, 15) is 8.42 Å². The number of primary sulfonamides is 1. The maximum absolute atomic E-state index is 11.6. The lowest BCUT2D eigenvalue weighted by atomic mass is 10.1. The second kappa shape index (κ2) is 5.13. The maximum Gasteiger partial charge on any atom is 0.247 e. The Hall–Kier alpha value is -1.68. The smallest absolute Gasteiger partial charge is 0.247 e. The quantitative estimate of drug-likeness (QED) is 0.881. The zero-order chi connectivity index (χ0) is 14.0. The topological polar surface area (TPSA) is 73.0 Å². The fourth-order valence-corrected chi connectivity index (χ4v) is 3.90. The van der Waals surface area contributed by atoms with E-state index < -0.39 is 10.0 Å². The average molecular weight is 292 g/mol. The van der Waals surface area contributed by atoms with Gasteiger partial charge in [0, 0.05) is 12.1 Å². The molecule has 0 bridgehead atoms. The van der Waals surface area contributed by atoms with Crippen molar-refractivity contribution >= 4 is 21.4 Å². The van der Waals surface area contributed by atoms with Crippen LogP contribution in [0.4, 0.5) is 0 Å². The molecule has 0 spiro atoms. The van der Waals surface area contributed by atoms with E-state index in [2.05, 4.69) is 10.9 Å². The molecule has 1 atom stereocenters. The second-order valence-electron chi connectivity index (χ2n) is 4.00. The van der Waals surface area contributed by atoms with Gasteiger partial charge in [-0.1, -0.05) is 12.0 Å². The van der Waals surface area contributed by atoms with Crippen LogP contribution in [-0.2, 0) is 10.0 Å². The summed E-state index contributed by atoms with van der Waals surface area (Å²) in [5, 5.41) is 5.24. The molecule has 0 aliphatic heterocycles. The maximum atomic E-state index is 11.6. The minimum atomic E-state index is -3.78. The molecule has 2 aromatic heterocycles. The summed E-state index contributed by atoms with van der Waals surface area (Å²) in [6.45, 7) is 1.76. The van der Waals surface area contributed by atoms with Crippen LogP contribution in [0.5, 0.6) is 0 Å². The van der Waals surface area contributed by atoms with Gasteiger partial charge in [-0.3, -0.25) is 4.98 Å². The first-order chi connectivity index (χ1) is 8.93. The SMILES string of the molecule is C#C[C@H](C)c1cc(-c2ccccn2)sc1S(N)(=O)=O. The number of aromatic nitrogens is 1. The Morgan fingerprint density at radius 2 is 2.21 bits per heavy atom. The van der Waals surface area contributed by atoms with E-state index >= 15 is 0 Å². The van der Waals surface area contributed by atoms with Gasteiger partial charge < -0.3 is 0 Å². The summed E-state index contributed by atoms with van der Waals surface area (Å²) in [5.74, 6) is 2.21. The van der Waals surface area contributed by atoms with Crippen molar-refractivity contribution in [2.24, 2.45) is 5.14 Å². The minimum absolute atomic E-state index is 0.110. The molecule has 0 aromatic carbocycles. The lowest BCUT2D eigenvalue weighted by Gasteiger charge is -2.03. The predicted octanol–water partition coefficient (Wildman–Crippen LogP) is 2.19. The monoisotopic (exact) mass is 292 g/mol. The zero-order valence-corrected chi connectivity index (χ0v) is 11.8.